The van der Waals surface area contributed by atoms with Gasteiger partial charge in [-0.2, -0.15) is 0 Å². The van der Waals surface area contributed by atoms with Crippen LogP contribution < -0.4 is 10.1 Å². The van der Waals surface area contributed by atoms with E-state index < -0.39 is 22.6 Å². The molecule has 2 bridgehead atoms. The monoisotopic (exact) mass is 447 g/mol. The van der Waals surface area contributed by atoms with Crippen LogP contribution in [-0.2, 0) is 15.0 Å². The number of piperazine rings is 1. The molecule has 6 aliphatic rings. The highest BCUT2D eigenvalue weighted by Gasteiger charge is 2.75. The van der Waals surface area contributed by atoms with Gasteiger partial charge in [-0.05, 0) is 57.4 Å². The third kappa shape index (κ3) is 1.99. The number of aliphatic hydroxyl groups excluding tert-OH is 1. The molecule has 33 heavy (non-hydrogen) atoms. The molecule has 2 amide bonds. The SMILES string of the molecule is CC1(C)C=Cc2c(ccc3c4c([nH]c23)C(C)(C)C2C[C@]35CCCN3C(=O)[C@]2(NC5=O)C4O)O1. The number of hydrogen-bond acceptors (Lipinski definition) is 4. The van der Waals surface area contributed by atoms with Gasteiger partial charge in [0, 0.05) is 40.1 Å². The fraction of sp³-hybridized carbons (Fsp3) is 0.538. The van der Waals surface area contributed by atoms with Crippen molar-refractivity contribution in [3.05, 3.63) is 35.0 Å². The first-order valence-corrected chi connectivity index (χ1v) is 11.9. The van der Waals surface area contributed by atoms with E-state index in [0.29, 0.717) is 19.4 Å². The molecule has 7 nitrogen and oxygen atoms in total. The quantitative estimate of drug-likeness (QED) is 0.579. The van der Waals surface area contributed by atoms with Gasteiger partial charge in [-0.3, -0.25) is 9.59 Å². The lowest BCUT2D eigenvalue weighted by molar-refractivity contribution is -0.191. The van der Waals surface area contributed by atoms with Gasteiger partial charge in [0.15, 0.2) is 5.54 Å². The summed E-state index contributed by atoms with van der Waals surface area (Å²) in [4.78, 5) is 32.7. The first-order valence-electron chi connectivity index (χ1n) is 11.9. The highest BCUT2D eigenvalue weighted by atomic mass is 16.5. The van der Waals surface area contributed by atoms with Gasteiger partial charge in [-0.15, -0.1) is 0 Å². The van der Waals surface area contributed by atoms with Crippen LogP contribution in [0.3, 0.4) is 0 Å². The summed E-state index contributed by atoms with van der Waals surface area (Å²) < 4.78 is 6.17. The number of H-pyrrole nitrogens is 1. The van der Waals surface area contributed by atoms with Crippen LogP contribution in [0.5, 0.6) is 5.75 Å². The third-order valence-electron chi connectivity index (χ3n) is 9.18. The van der Waals surface area contributed by atoms with Crippen LogP contribution in [0.1, 0.15) is 69.9 Å². The standard InChI is InChI=1S/C26H29N3O4/c1-23(2)10-8-13-15(33-23)7-6-14-17-19(27-18(13)14)24(3,4)16-12-25-9-5-11-29(25)22(32)26(16,20(17)30)28-21(25)31/h6-8,10,16,20,27,30H,5,9,11-12H2,1-4H3,(H,28,31)/t16?,20?,25-,26+/m0/s1. The second kappa shape index (κ2) is 5.46. The number of ether oxygens (including phenoxy) is 1. The molecule has 4 saturated heterocycles. The van der Waals surface area contributed by atoms with Crippen LogP contribution in [0.25, 0.3) is 17.0 Å². The Morgan fingerprint density at radius 1 is 1.18 bits per heavy atom. The molecule has 3 N–H and O–H groups in total. The number of piperidine rings is 2. The Balaban J connectivity index is 1.50. The van der Waals surface area contributed by atoms with Gasteiger partial charge in [0.1, 0.15) is 23.0 Å². The van der Waals surface area contributed by atoms with Crippen molar-refractivity contribution >= 4 is 28.8 Å². The Kier molecular flexibility index (Phi) is 3.25. The Labute approximate surface area is 192 Å². The van der Waals surface area contributed by atoms with Crippen molar-refractivity contribution in [2.45, 2.75) is 75.2 Å². The maximum absolute atomic E-state index is 13.9. The summed E-state index contributed by atoms with van der Waals surface area (Å²) >= 11 is 0. The van der Waals surface area contributed by atoms with E-state index in [0.717, 1.165) is 39.9 Å². The maximum atomic E-state index is 13.9. The normalized spacial score (nSPS) is 36.7. The van der Waals surface area contributed by atoms with E-state index in [1.165, 1.54) is 0 Å². The minimum Gasteiger partial charge on any atom is -0.483 e. The van der Waals surface area contributed by atoms with E-state index in [1.807, 2.05) is 32.1 Å². The Morgan fingerprint density at radius 2 is 1.97 bits per heavy atom. The summed E-state index contributed by atoms with van der Waals surface area (Å²) in [6.07, 6.45) is 5.07. The second-order valence-corrected chi connectivity index (χ2v) is 11.6. The molecule has 1 aliphatic carbocycles. The van der Waals surface area contributed by atoms with Gasteiger partial charge in [0.2, 0.25) is 5.91 Å². The molecule has 5 aliphatic heterocycles. The second-order valence-electron chi connectivity index (χ2n) is 11.6. The number of carbonyl (C=O) groups excluding carboxylic acids is 2. The number of amides is 2. The van der Waals surface area contributed by atoms with Gasteiger partial charge < -0.3 is 25.0 Å². The lowest BCUT2D eigenvalue weighted by Gasteiger charge is -2.65. The molecule has 4 atom stereocenters. The number of aromatic amines is 1. The van der Waals surface area contributed by atoms with Crippen molar-refractivity contribution in [2.24, 2.45) is 5.92 Å². The lowest BCUT2D eigenvalue weighted by atomic mass is 9.50. The predicted octanol–water partition coefficient (Wildman–Crippen LogP) is 2.93. The number of nitrogens with one attached hydrogen (secondary N) is 2. The topological polar surface area (TPSA) is 94.7 Å². The average Bonchev–Trinajstić information content (AvgIpc) is 3.36. The smallest absolute Gasteiger partial charge is 0.252 e. The Morgan fingerprint density at radius 3 is 2.76 bits per heavy atom. The van der Waals surface area contributed by atoms with E-state index >= 15 is 0 Å². The van der Waals surface area contributed by atoms with Gasteiger partial charge in [-0.25, -0.2) is 0 Å². The number of hydrogen-bond donors (Lipinski definition) is 3. The zero-order valence-corrected chi connectivity index (χ0v) is 19.4. The molecule has 0 saturated carbocycles. The molecular weight excluding hydrogens is 418 g/mol. The van der Waals surface area contributed by atoms with Crippen molar-refractivity contribution in [3.63, 3.8) is 0 Å². The van der Waals surface area contributed by atoms with Crippen molar-refractivity contribution in [3.8, 4) is 5.75 Å². The number of benzene rings is 1. The summed E-state index contributed by atoms with van der Waals surface area (Å²) in [7, 11) is 0. The van der Waals surface area contributed by atoms with Crippen LogP contribution in [0.2, 0.25) is 0 Å². The molecule has 6 heterocycles. The number of rotatable bonds is 0. The van der Waals surface area contributed by atoms with Crippen molar-refractivity contribution < 1.29 is 19.4 Å². The van der Waals surface area contributed by atoms with Crippen molar-refractivity contribution in [1.82, 2.24) is 15.2 Å². The largest absolute Gasteiger partial charge is 0.483 e. The fourth-order valence-corrected chi connectivity index (χ4v) is 7.57. The number of aliphatic hydroxyl groups is 1. The number of aromatic nitrogens is 1. The zero-order valence-electron chi connectivity index (χ0n) is 19.4. The van der Waals surface area contributed by atoms with E-state index in [9.17, 15) is 14.7 Å². The minimum atomic E-state index is -1.33. The van der Waals surface area contributed by atoms with E-state index in [1.54, 1.807) is 4.90 Å². The Hall–Kier alpha value is -2.80. The summed E-state index contributed by atoms with van der Waals surface area (Å²) in [6, 6.07) is 3.90. The molecule has 8 rings (SSSR count). The maximum Gasteiger partial charge on any atom is 0.252 e. The predicted molar refractivity (Wildman–Crippen MR) is 123 cm³/mol. The molecule has 2 aromatic rings. The van der Waals surface area contributed by atoms with Gasteiger partial charge >= 0.3 is 0 Å². The van der Waals surface area contributed by atoms with Crippen LogP contribution >= 0.6 is 0 Å². The molecule has 4 fully saturated rings. The molecule has 1 aromatic carbocycles. The molecular formula is C26H29N3O4. The molecule has 2 unspecified atom stereocenters. The van der Waals surface area contributed by atoms with Crippen molar-refractivity contribution in [1.29, 1.82) is 0 Å². The molecule has 2 spiro atoms. The molecule has 172 valence electrons. The van der Waals surface area contributed by atoms with Crippen molar-refractivity contribution in [2.75, 3.05) is 6.54 Å². The average molecular weight is 448 g/mol. The lowest BCUT2D eigenvalue weighted by Crippen LogP contribution is -2.85. The number of nitrogens with zero attached hydrogens (tertiary/aromatic N) is 1. The highest BCUT2D eigenvalue weighted by Crippen LogP contribution is 2.62. The zero-order chi connectivity index (χ0) is 23.1. The molecule has 1 aromatic heterocycles. The fourth-order valence-electron chi connectivity index (χ4n) is 7.57. The molecule has 7 heteroatoms. The summed E-state index contributed by atoms with van der Waals surface area (Å²) in [5, 5.41) is 15.9. The Bertz CT molecular complexity index is 1320. The van der Waals surface area contributed by atoms with Crippen LogP contribution in [-0.4, -0.2) is 50.0 Å². The van der Waals surface area contributed by atoms with E-state index in [2.05, 4.69) is 30.2 Å². The van der Waals surface area contributed by atoms with Crippen LogP contribution in [0.15, 0.2) is 18.2 Å². The van der Waals surface area contributed by atoms with Gasteiger partial charge in [-0.1, -0.05) is 13.8 Å². The number of carbonyl (C=O) groups is 2. The minimum absolute atomic E-state index is 0.107. The molecule has 0 radical (unpaired) electrons. The van der Waals surface area contributed by atoms with E-state index in [4.69, 9.17) is 4.74 Å². The summed E-state index contributed by atoms with van der Waals surface area (Å²) in [5.41, 5.74) is 0.564. The van der Waals surface area contributed by atoms with Gasteiger partial charge in [0.25, 0.3) is 5.91 Å². The summed E-state index contributed by atoms with van der Waals surface area (Å²) in [6.45, 7) is 8.89. The highest BCUT2D eigenvalue weighted by molar-refractivity contribution is 6.07. The number of fused-ring (bicyclic) bond motifs is 6. The third-order valence-corrected chi connectivity index (χ3v) is 9.18. The van der Waals surface area contributed by atoms with Crippen LogP contribution in [0, 0.1) is 5.92 Å². The van der Waals surface area contributed by atoms with Crippen LogP contribution in [0.4, 0.5) is 0 Å². The summed E-state index contributed by atoms with van der Waals surface area (Å²) in [5.74, 6) is 0.354. The van der Waals surface area contributed by atoms with E-state index in [-0.39, 0.29) is 23.3 Å². The van der Waals surface area contributed by atoms with Gasteiger partial charge in [0.05, 0.1) is 5.52 Å². The first kappa shape index (κ1) is 19.6. The first-order chi connectivity index (χ1) is 15.5.